The Bertz CT molecular complexity index is 625. The van der Waals surface area contributed by atoms with Crippen molar-refractivity contribution in [1.82, 2.24) is 14.9 Å². The molecule has 0 radical (unpaired) electrons. The molecule has 0 amide bonds. The number of nitrogens with zero attached hydrogens (tertiary/aromatic N) is 4. The van der Waals surface area contributed by atoms with Crippen LogP contribution in [0.2, 0.25) is 5.02 Å². The minimum absolute atomic E-state index is 0.679. The summed E-state index contributed by atoms with van der Waals surface area (Å²) in [6, 6.07) is 7.54. The fourth-order valence-electron chi connectivity index (χ4n) is 1.64. The summed E-state index contributed by atoms with van der Waals surface area (Å²) in [5, 5.41) is 15.1. The number of alkyl halides is 1. The normalized spacial score (nSPS) is 14.2. The highest BCUT2D eigenvalue weighted by Gasteiger charge is 2.19. The van der Waals surface area contributed by atoms with Crippen molar-refractivity contribution in [2.45, 2.75) is 5.16 Å². The second-order valence-corrected chi connectivity index (χ2v) is 5.66. The molecule has 1 aromatic carbocycles. The van der Waals surface area contributed by atoms with E-state index in [0.29, 0.717) is 5.02 Å². The second-order valence-electron chi connectivity index (χ2n) is 3.72. The molecule has 0 unspecified atom stereocenters. The Morgan fingerprint density at radius 3 is 3.06 bits per heavy atom. The Morgan fingerprint density at radius 2 is 2.28 bits per heavy atom. The maximum atomic E-state index is 5.99. The lowest BCUT2D eigenvalue weighted by Gasteiger charge is -2.11. The van der Waals surface area contributed by atoms with E-state index in [2.05, 4.69) is 31.2 Å². The summed E-state index contributed by atoms with van der Waals surface area (Å²) in [4.78, 5) is 0. The van der Waals surface area contributed by atoms with Crippen LogP contribution in [0.4, 0.5) is 0 Å². The summed E-state index contributed by atoms with van der Waals surface area (Å²) < 4.78 is 1.77. The van der Waals surface area contributed by atoms with Gasteiger partial charge in [0.25, 0.3) is 0 Å². The van der Waals surface area contributed by atoms with Crippen molar-refractivity contribution < 1.29 is 0 Å². The van der Waals surface area contributed by atoms with E-state index in [0.717, 1.165) is 33.3 Å². The predicted octanol–water partition coefficient (Wildman–Crippen LogP) is 3.30. The molecule has 0 saturated heterocycles. The Kier molecular flexibility index (Phi) is 3.41. The lowest BCUT2D eigenvalue weighted by molar-refractivity contribution is 0.761. The van der Waals surface area contributed by atoms with Crippen molar-refractivity contribution in [1.29, 1.82) is 0 Å². The topological polar surface area (TPSA) is 43.1 Å². The van der Waals surface area contributed by atoms with Crippen LogP contribution in [0.1, 0.15) is 0 Å². The molecule has 1 aliphatic rings. The summed E-state index contributed by atoms with van der Waals surface area (Å²) in [5.74, 6) is 1.57. The highest BCUT2D eigenvalue weighted by atomic mass is 79.9. The molecule has 0 bridgehead atoms. The van der Waals surface area contributed by atoms with Crippen LogP contribution >= 0.6 is 39.3 Å². The quantitative estimate of drug-likeness (QED) is 0.786. The molecule has 0 fully saturated rings. The SMILES string of the molecule is Clc1cccc(-c2nnc3n2N=C(CBr)CS3)c1. The number of rotatable bonds is 2. The maximum Gasteiger partial charge on any atom is 0.212 e. The number of benzene rings is 1. The first-order valence-corrected chi connectivity index (χ1v) is 7.73. The molecular weight excluding hydrogens is 336 g/mol. The van der Waals surface area contributed by atoms with Gasteiger partial charge in [0, 0.05) is 21.7 Å². The molecule has 2 heterocycles. The van der Waals surface area contributed by atoms with Gasteiger partial charge >= 0.3 is 0 Å². The van der Waals surface area contributed by atoms with E-state index in [-0.39, 0.29) is 0 Å². The molecule has 92 valence electrons. The van der Waals surface area contributed by atoms with Crippen LogP contribution < -0.4 is 0 Å². The van der Waals surface area contributed by atoms with Crippen LogP contribution in [0, 0.1) is 0 Å². The fraction of sp³-hybridized carbons (Fsp3) is 0.182. The van der Waals surface area contributed by atoms with Crippen molar-refractivity contribution in [2.24, 2.45) is 5.10 Å². The molecule has 0 atom stereocenters. The first kappa shape index (κ1) is 12.2. The highest BCUT2D eigenvalue weighted by Crippen LogP contribution is 2.28. The van der Waals surface area contributed by atoms with Gasteiger partial charge in [-0.1, -0.05) is 51.4 Å². The molecule has 0 saturated carbocycles. The van der Waals surface area contributed by atoms with Gasteiger partial charge in [0.15, 0.2) is 5.82 Å². The largest absolute Gasteiger partial charge is 0.212 e. The standard InChI is InChI=1S/C11H8BrClN4S/c12-5-9-6-18-11-15-14-10(17(11)16-9)7-2-1-3-8(13)4-7/h1-4H,5-6H2. The summed E-state index contributed by atoms with van der Waals surface area (Å²) in [7, 11) is 0. The van der Waals surface area contributed by atoms with Crippen LogP contribution in [-0.4, -0.2) is 31.7 Å². The third kappa shape index (κ3) is 2.20. The van der Waals surface area contributed by atoms with Crippen molar-refractivity contribution in [3.8, 4) is 11.4 Å². The van der Waals surface area contributed by atoms with E-state index in [9.17, 15) is 0 Å². The molecule has 0 spiro atoms. The summed E-state index contributed by atoms with van der Waals surface area (Å²) in [6.45, 7) is 0. The molecule has 2 aromatic rings. The van der Waals surface area contributed by atoms with Crippen molar-refractivity contribution >= 4 is 45.0 Å². The predicted molar refractivity (Wildman–Crippen MR) is 77.8 cm³/mol. The van der Waals surface area contributed by atoms with Gasteiger partial charge < -0.3 is 0 Å². The molecule has 0 N–H and O–H groups in total. The van der Waals surface area contributed by atoms with Gasteiger partial charge in [-0.25, -0.2) is 0 Å². The lowest BCUT2D eigenvalue weighted by Crippen LogP contribution is -2.13. The van der Waals surface area contributed by atoms with Gasteiger partial charge in [0.1, 0.15) is 0 Å². The molecule has 4 nitrogen and oxygen atoms in total. The van der Waals surface area contributed by atoms with Crippen molar-refractivity contribution in [3.63, 3.8) is 0 Å². The van der Waals surface area contributed by atoms with Crippen LogP contribution in [-0.2, 0) is 0 Å². The Balaban J connectivity index is 2.11. The van der Waals surface area contributed by atoms with E-state index < -0.39 is 0 Å². The Morgan fingerprint density at radius 1 is 1.39 bits per heavy atom. The number of hydrogen-bond donors (Lipinski definition) is 0. The third-order valence-corrected chi connectivity index (χ3v) is 4.33. The van der Waals surface area contributed by atoms with E-state index in [1.165, 1.54) is 0 Å². The first-order chi connectivity index (χ1) is 8.78. The number of aromatic nitrogens is 3. The molecule has 1 aromatic heterocycles. The second kappa shape index (κ2) is 5.03. The number of halogens is 2. The third-order valence-electron chi connectivity index (χ3n) is 2.46. The number of fused-ring (bicyclic) bond motifs is 1. The van der Waals surface area contributed by atoms with Crippen molar-refractivity contribution in [2.75, 3.05) is 11.1 Å². The van der Waals surface area contributed by atoms with E-state index in [4.69, 9.17) is 11.6 Å². The van der Waals surface area contributed by atoms with Crippen molar-refractivity contribution in [3.05, 3.63) is 29.3 Å². The van der Waals surface area contributed by atoms with Gasteiger partial charge in [0.2, 0.25) is 5.16 Å². The Labute approximate surface area is 122 Å². The zero-order valence-electron chi connectivity index (χ0n) is 9.18. The Hall–Kier alpha value is -0.850. The number of thioether (sulfide) groups is 1. The van der Waals surface area contributed by atoms with E-state index in [1.54, 1.807) is 16.4 Å². The van der Waals surface area contributed by atoms with E-state index >= 15 is 0 Å². The molecular formula is C11H8BrClN4S. The molecule has 18 heavy (non-hydrogen) atoms. The number of hydrogen-bond acceptors (Lipinski definition) is 4. The average molecular weight is 344 g/mol. The van der Waals surface area contributed by atoms with Gasteiger partial charge in [-0.15, -0.1) is 10.2 Å². The minimum atomic E-state index is 0.679. The van der Waals surface area contributed by atoms with Crippen LogP contribution in [0.15, 0.2) is 34.5 Å². The summed E-state index contributed by atoms with van der Waals surface area (Å²) in [6.07, 6.45) is 0. The van der Waals surface area contributed by atoms with Gasteiger partial charge in [-0.2, -0.15) is 9.78 Å². The zero-order valence-corrected chi connectivity index (χ0v) is 12.3. The molecule has 1 aliphatic heterocycles. The van der Waals surface area contributed by atoms with Crippen LogP contribution in [0.3, 0.4) is 0 Å². The molecule has 3 rings (SSSR count). The molecule has 7 heteroatoms. The van der Waals surface area contributed by atoms with Gasteiger partial charge in [-0.3, -0.25) is 0 Å². The van der Waals surface area contributed by atoms with Crippen LogP contribution in [0.5, 0.6) is 0 Å². The lowest BCUT2D eigenvalue weighted by atomic mass is 10.2. The average Bonchev–Trinajstić information content (AvgIpc) is 2.81. The highest BCUT2D eigenvalue weighted by molar-refractivity contribution is 9.09. The minimum Gasteiger partial charge on any atom is -0.187 e. The summed E-state index contributed by atoms with van der Waals surface area (Å²) in [5.41, 5.74) is 1.98. The maximum absolute atomic E-state index is 5.99. The summed E-state index contributed by atoms with van der Waals surface area (Å²) >= 11 is 11.1. The fourth-order valence-corrected chi connectivity index (χ4v) is 3.20. The van der Waals surface area contributed by atoms with Gasteiger partial charge in [-0.05, 0) is 12.1 Å². The van der Waals surface area contributed by atoms with Gasteiger partial charge in [0.05, 0.1) is 5.71 Å². The smallest absolute Gasteiger partial charge is 0.187 e. The zero-order chi connectivity index (χ0) is 12.5. The monoisotopic (exact) mass is 342 g/mol. The van der Waals surface area contributed by atoms with E-state index in [1.807, 2.05) is 24.3 Å². The van der Waals surface area contributed by atoms with Crippen LogP contribution in [0.25, 0.3) is 11.4 Å². The first-order valence-electron chi connectivity index (χ1n) is 5.25. The molecule has 0 aliphatic carbocycles.